The summed E-state index contributed by atoms with van der Waals surface area (Å²) in [5, 5.41) is 11.2. The number of aromatic nitrogens is 3. The molecule has 5 nitrogen and oxygen atoms in total. The monoisotopic (exact) mass is 336 g/mol. The van der Waals surface area contributed by atoms with E-state index in [2.05, 4.69) is 15.5 Å². The Morgan fingerprint density at radius 1 is 1.41 bits per heavy atom. The highest BCUT2D eigenvalue weighted by molar-refractivity contribution is 7.16. The van der Waals surface area contributed by atoms with Gasteiger partial charge in [0.2, 0.25) is 5.91 Å². The van der Waals surface area contributed by atoms with E-state index in [9.17, 15) is 4.79 Å². The fourth-order valence-electron chi connectivity index (χ4n) is 3.43. The molecule has 2 aromatic rings. The summed E-state index contributed by atoms with van der Waals surface area (Å²) in [6, 6.07) is 2.13. The lowest BCUT2D eigenvalue weighted by atomic mass is 9.92. The summed E-state index contributed by atoms with van der Waals surface area (Å²) >= 11 is 7.78. The molecule has 0 saturated carbocycles. The van der Waals surface area contributed by atoms with Gasteiger partial charge in [-0.25, -0.2) is 0 Å². The van der Waals surface area contributed by atoms with Crippen molar-refractivity contribution in [3.8, 4) is 0 Å². The zero-order valence-corrected chi connectivity index (χ0v) is 13.7. The van der Waals surface area contributed by atoms with Gasteiger partial charge in [-0.3, -0.25) is 4.79 Å². The van der Waals surface area contributed by atoms with Crippen LogP contribution in [0.2, 0.25) is 4.34 Å². The highest BCUT2D eigenvalue weighted by Crippen LogP contribution is 2.38. The lowest BCUT2D eigenvalue weighted by Gasteiger charge is -2.28. The van der Waals surface area contributed by atoms with E-state index < -0.39 is 0 Å². The van der Waals surface area contributed by atoms with Crippen molar-refractivity contribution < 1.29 is 4.79 Å². The number of carbonyl (C=O) groups is 1. The van der Waals surface area contributed by atoms with Crippen LogP contribution in [-0.4, -0.2) is 20.7 Å². The van der Waals surface area contributed by atoms with Gasteiger partial charge >= 0.3 is 0 Å². The second kappa shape index (κ2) is 5.66. The van der Waals surface area contributed by atoms with Crippen molar-refractivity contribution >= 4 is 28.8 Å². The van der Waals surface area contributed by atoms with Crippen molar-refractivity contribution in [1.82, 2.24) is 20.1 Å². The first-order chi connectivity index (χ1) is 10.7. The summed E-state index contributed by atoms with van der Waals surface area (Å²) in [4.78, 5) is 13.9. The molecule has 0 fully saturated rings. The number of nitrogens with zero attached hydrogens (tertiary/aromatic N) is 3. The Labute approximate surface area is 137 Å². The minimum absolute atomic E-state index is 0.00276. The van der Waals surface area contributed by atoms with E-state index in [1.54, 1.807) is 17.7 Å². The Bertz CT molecular complexity index is 710. The summed E-state index contributed by atoms with van der Waals surface area (Å²) in [5.41, 5.74) is 1.22. The van der Waals surface area contributed by atoms with Gasteiger partial charge in [-0.15, -0.1) is 21.5 Å². The van der Waals surface area contributed by atoms with Crippen LogP contribution in [-0.2, 0) is 24.2 Å². The number of fused-ring (bicyclic) bond motifs is 2. The summed E-state index contributed by atoms with van der Waals surface area (Å²) in [5.74, 6) is 1.12. The van der Waals surface area contributed by atoms with Crippen LogP contribution in [0.25, 0.3) is 0 Å². The van der Waals surface area contributed by atoms with Gasteiger partial charge in [-0.2, -0.15) is 0 Å². The van der Waals surface area contributed by atoms with Gasteiger partial charge in [-0.1, -0.05) is 11.6 Å². The normalized spacial score (nSPS) is 23.7. The molecular formula is C15H17ClN4OS. The molecule has 7 heteroatoms. The molecule has 3 heterocycles. The van der Waals surface area contributed by atoms with Crippen LogP contribution in [0.3, 0.4) is 0 Å². The predicted octanol–water partition coefficient (Wildman–Crippen LogP) is 2.75. The average molecular weight is 337 g/mol. The lowest BCUT2D eigenvalue weighted by Crippen LogP contribution is -2.38. The summed E-state index contributed by atoms with van der Waals surface area (Å²) in [6.45, 7) is 0.679. The number of hydrogen-bond donors (Lipinski definition) is 1. The Kier molecular flexibility index (Phi) is 3.66. The highest BCUT2D eigenvalue weighted by Gasteiger charge is 2.29. The third-order valence-electron chi connectivity index (χ3n) is 4.60. The molecule has 0 radical (unpaired) electrons. The van der Waals surface area contributed by atoms with Crippen molar-refractivity contribution in [2.24, 2.45) is 5.92 Å². The largest absolute Gasteiger partial charge is 0.349 e. The smallest absolute Gasteiger partial charge is 0.225 e. The van der Waals surface area contributed by atoms with Gasteiger partial charge < -0.3 is 9.88 Å². The minimum Gasteiger partial charge on any atom is -0.349 e. The van der Waals surface area contributed by atoms with Crippen LogP contribution < -0.4 is 5.32 Å². The maximum atomic E-state index is 12.6. The second-order valence-electron chi connectivity index (χ2n) is 6.02. The Balaban J connectivity index is 1.47. The van der Waals surface area contributed by atoms with Crippen LogP contribution in [0.1, 0.15) is 41.6 Å². The van der Waals surface area contributed by atoms with E-state index >= 15 is 0 Å². The zero-order valence-electron chi connectivity index (χ0n) is 12.1. The summed E-state index contributed by atoms with van der Waals surface area (Å²) in [7, 11) is 0. The molecule has 2 aliphatic rings. The van der Waals surface area contributed by atoms with E-state index in [1.165, 1.54) is 10.4 Å². The van der Waals surface area contributed by atoms with E-state index in [0.717, 1.165) is 42.3 Å². The molecule has 0 spiro atoms. The maximum absolute atomic E-state index is 12.6. The van der Waals surface area contributed by atoms with Gasteiger partial charge in [0, 0.05) is 17.8 Å². The molecule has 22 heavy (non-hydrogen) atoms. The molecule has 2 atom stereocenters. The van der Waals surface area contributed by atoms with E-state index in [4.69, 9.17) is 11.6 Å². The Morgan fingerprint density at radius 3 is 3.23 bits per heavy atom. The Hall–Kier alpha value is -1.40. The number of thiophene rings is 1. The number of nitrogens with one attached hydrogen (secondary N) is 1. The first kappa shape index (κ1) is 14.2. The molecule has 0 bridgehead atoms. The lowest BCUT2D eigenvalue weighted by molar-refractivity contribution is -0.126. The number of aryl methyl sites for hydroxylation is 2. The number of amides is 1. The second-order valence-corrected chi connectivity index (χ2v) is 7.79. The van der Waals surface area contributed by atoms with Gasteiger partial charge in [0.25, 0.3) is 0 Å². The molecule has 1 aliphatic carbocycles. The quantitative estimate of drug-likeness (QED) is 0.917. The van der Waals surface area contributed by atoms with Crippen LogP contribution in [0.4, 0.5) is 0 Å². The number of rotatable bonds is 2. The van der Waals surface area contributed by atoms with E-state index in [1.807, 2.05) is 10.6 Å². The third-order valence-corrected chi connectivity index (χ3v) is 5.94. The minimum atomic E-state index is 0.00276. The SMILES string of the molecule is O=C(NC1CCCc2sc(Cl)cc21)C1CCc2nncn2C1. The third kappa shape index (κ3) is 2.54. The number of hydrogen-bond acceptors (Lipinski definition) is 4. The number of carbonyl (C=O) groups excluding carboxylic acids is 1. The van der Waals surface area contributed by atoms with Crippen LogP contribution in [0.5, 0.6) is 0 Å². The van der Waals surface area contributed by atoms with E-state index in [-0.39, 0.29) is 17.9 Å². The van der Waals surface area contributed by atoms with Crippen molar-refractivity contribution in [3.63, 3.8) is 0 Å². The molecule has 2 aromatic heterocycles. The maximum Gasteiger partial charge on any atom is 0.225 e. The molecular weight excluding hydrogens is 320 g/mol. The fraction of sp³-hybridized carbons (Fsp3) is 0.533. The molecule has 1 N–H and O–H groups in total. The standard InChI is InChI=1S/C15H17ClN4OS/c16-13-6-10-11(2-1-3-12(10)22-13)18-15(21)9-4-5-14-19-17-8-20(14)7-9/h6,8-9,11H,1-5,7H2,(H,18,21). The molecule has 0 aromatic carbocycles. The van der Waals surface area contributed by atoms with Crippen LogP contribution in [0.15, 0.2) is 12.4 Å². The van der Waals surface area contributed by atoms with Crippen molar-refractivity contribution in [1.29, 1.82) is 0 Å². The predicted molar refractivity (Wildman–Crippen MR) is 85.0 cm³/mol. The van der Waals surface area contributed by atoms with Crippen molar-refractivity contribution in [2.45, 2.75) is 44.7 Å². The fourth-order valence-corrected chi connectivity index (χ4v) is 4.82. The molecule has 116 valence electrons. The van der Waals surface area contributed by atoms with Gasteiger partial charge in [0.15, 0.2) is 0 Å². The molecule has 4 rings (SSSR count). The number of halogens is 1. The van der Waals surface area contributed by atoms with Crippen molar-refractivity contribution in [3.05, 3.63) is 33.0 Å². The molecule has 1 aliphatic heterocycles. The first-order valence-corrected chi connectivity index (χ1v) is 8.85. The topological polar surface area (TPSA) is 59.8 Å². The summed E-state index contributed by atoms with van der Waals surface area (Å²) < 4.78 is 2.81. The summed E-state index contributed by atoms with van der Waals surface area (Å²) in [6.07, 6.45) is 6.55. The van der Waals surface area contributed by atoms with Crippen LogP contribution >= 0.6 is 22.9 Å². The Morgan fingerprint density at radius 2 is 2.32 bits per heavy atom. The van der Waals surface area contributed by atoms with Crippen molar-refractivity contribution in [2.75, 3.05) is 0 Å². The van der Waals surface area contributed by atoms with E-state index in [0.29, 0.717) is 6.54 Å². The molecule has 2 unspecified atom stereocenters. The molecule has 0 saturated heterocycles. The van der Waals surface area contributed by atoms with Gasteiger partial charge in [-0.05, 0) is 37.3 Å². The average Bonchev–Trinajstić information content (AvgIpc) is 3.12. The van der Waals surface area contributed by atoms with Gasteiger partial charge in [0.05, 0.1) is 16.3 Å². The first-order valence-electron chi connectivity index (χ1n) is 7.66. The van der Waals surface area contributed by atoms with Gasteiger partial charge in [0.1, 0.15) is 12.2 Å². The van der Waals surface area contributed by atoms with Crippen LogP contribution in [0, 0.1) is 5.92 Å². The zero-order chi connectivity index (χ0) is 15.1. The highest BCUT2D eigenvalue weighted by atomic mass is 35.5. The molecule has 1 amide bonds.